The summed E-state index contributed by atoms with van der Waals surface area (Å²) >= 11 is 11.6. The molecule has 0 bridgehead atoms. The van der Waals surface area contributed by atoms with Crippen LogP contribution < -0.4 is 5.56 Å². The molecule has 1 aromatic heterocycles. The topological polar surface area (TPSA) is 96.1 Å². The predicted octanol–water partition coefficient (Wildman–Crippen LogP) is 2.61. The highest BCUT2D eigenvalue weighted by atomic mass is 35.5. The van der Waals surface area contributed by atoms with Crippen molar-refractivity contribution in [3.63, 3.8) is 0 Å². The Hall–Kier alpha value is -1.92. The summed E-state index contributed by atoms with van der Waals surface area (Å²) < 4.78 is 28.1. The van der Waals surface area contributed by atoms with E-state index in [0.29, 0.717) is 5.69 Å². The van der Waals surface area contributed by atoms with Crippen molar-refractivity contribution < 1.29 is 8.42 Å². The molecule has 2 aromatic rings. The van der Waals surface area contributed by atoms with Crippen molar-refractivity contribution in [3.05, 3.63) is 50.9 Å². The number of hydrogen-bond donors (Lipinski definition) is 0. The Labute approximate surface area is 160 Å². The third-order valence-corrected chi connectivity index (χ3v) is 6.68. The van der Waals surface area contributed by atoms with Gasteiger partial charge in [-0.3, -0.25) is 4.79 Å². The highest BCUT2D eigenvalue weighted by Crippen LogP contribution is 2.32. The molecule has 0 spiro atoms. The number of halogens is 2. The molecule has 1 heterocycles. The van der Waals surface area contributed by atoms with E-state index in [1.807, 2.05) is 6.07 Å². The first-order valence-electron chi connectivity index (χ1n) is 7.79. The van der Waals surface area contributed by atoms with Crippen LogP contribution in [0.15, 0.2) is 40.2 Å². The molecule has 0 aliphatic heterocycles. The lowest BCUT2D eigenvalue weighted by atomic mass is 10.3. The molecule has 0 unspecified atom stereocenters. The van der Waals surface area contributed by atoms with Gasteiger partial charge in [0.1, 0.15) is 5.02 Å². The van der Waals surface area contributed by atoms with Crippen LogP contribution in [-0.2, 0) is 10.0 Å². The number of nitriles is 1. The Bertz CT molecular complexity index is 1020. The lowest BCUT2D eigenvalue weighted by molar-refractivity contribution is 0.411. The Morgan fingerprint density at radius 2 is 1.92 bits per heavy atom. The minimum atomic E-state index is -3.71. The van der Waals surface area contributed by atoms with Gasteiger partial charge in [-0.1, -0.05) is 23.2 Å². The highest BCUT2D eigenvalue weighted by Gasteiger charge is 2.37. The van der Waals surface area contributed by atoms with Crippen LogP contribution in [0.5, 0.6) is 0 Å². The maximum atomic E-state index is 12.8. The first kappa shape index (κ1) is 18.9. The molecule has 0 atom stereocenters. The zero-order valence-electron chi connectivity index (χ0n) is 13.5. The van der Waals surface area contributed by atoms with Gasteiger partial charge in [0.2, 0.25) is 10.0 Å². The van der Waals surface area contributed by atoms with Crippen molar-refractivity contribution in [1.82, 2.24) is 14.1 Å². The first-order chi connectivity index (χ1) is 12.4. The fraction of sp³-hybridized carbons (Fsp3) is 0.312. The second-order valence-corrected chi connectivity index (χ2v) is 8.45. The van der Waals surface area contributed by atoms with E-state index in [9.17, 15) is 13.2 Å². The Kier molecular flexibility index (Phi) is 5.34. The molecule has 3 rings (SSSR count). The van der Waals surface area contributed by atoms with E-state index >= 15 is 0 Å². The summed E-state index contributed by atoms with van der Waals surface area (Å²) in [6, 6.07) is 7.68. The van der Waals surface area contributed by atoms with Crippen LogP contribution in [0.25, 0.3) is 5.69 Å². The molecule has 10 heteroatoms. The summed E-state index contributed by atoms with van der Waals surface area (Å²) in [5, 5.41) is 12.5. The third-order valence-electron chi connectivity index (χ3n) is 3.96. The van der Waals surface area contributed by atoms with Crippen LogP contribution in [0, 0.1) is 11.3 Å². The lowest BCUT2D eigenvalue weighted by Crippen LogP contribution is -2.34. The zero-order valence-corrected chi connectivity index (χ0v) is 15.8. The van der Waals surface area contributed by atoms with Crippen LogP contribution in [0.2, 0.25) is 10.0 Å². The largest absolute Gasteiger partial charge is 0.291 e. The smallest absolute Gasteiger partial charge is 0.266 e. The number of hydrogen-bond acceptors (Lipinski definition) is 5. The fourth-order valence-corrected chi connectivity index (χ4v) is 4.45. The van der Waals surface area contributed by atoms with E-state index in [0.717, 1.165) is 17.5 Å². The van der Waals surface area contributed by atoms with Crippen LogP contribution in [-0.4, -0.2) is 35.1 Å². The van der Waals surface area contributed by atoms with Gasteiger partial charge in [0.05, 0.1) is 27.9 Å². The Morgan fingerprint density at radius 1 is 1.27 bits per heavy atom. The zero-order chi connectivity index (χ0) is 18.9. The van der Waals surface area contributed by atoms with E-state index < -0.39 is 15.6 Å². The Balaban J connectivity index is 1.93. The molecule has 0 radical (unpaired) electrons. The van der Waals surface area contributed by atoms with Gasteiger partial charge in [-0.05, 0) is 37.1 Å². The van der Waals surface area contributed by atoms with Crippen LogP contribution in [0.3, 0.4) is 0 Å². The van der Waals surface area contributed by atoms with Crippen molar-refractivity contribution in [3.8, 4) is 11.8 Å². The van der Waals surface area contributed by atoms with Gasteiger partial charge in [0, 0.05) is 19.0 Å². The second kappa shape index (κ2) is 7.37. The molecular formula is C16H14Cl2N4O3S. The van der Waals surface area contributed by atoms with Crippen molar-refractivity contribution in [2.24, 2.45) is 0 Å². The van der Waals surface area contributed by atoms with Crippen molar-refractivity contribution in [2.75, 3.05) is 6.54 Å². The van der Waals surface area contributed by atoms with Gasteiger partial charge >= 0.3 is 0 Å². The lowest BCUT2D eigenvalue weighted by Gasteiger charge is -2.20. The van der Waals surface area contributed by atoms with E-state index in [2.05, 4.69) is 5.10 Å². The van der Waals surface area contributed by atoms with Crippen LogP contribution in [0.1, 0.15) is 19.3 Å². The summed E-state index contributed by atoms with van der Waals surface area (Å²) in [5.74, 6) is 0. The molecule has 0 saturated heterocycles. The van der Waals surface area contributed by atoms with E-state index in [1.165, 1.54) is 34.8 Å². The minimum Gasteiger partial charge on any atom is -0.266 e. The first-order valence-corrected chi connectivity index (χ1v) is 9.98. The quantitative estimate of drug-likeness (QED) is 0.726. The maximum Gasteiger partial charge on any atom is 0.291 e. The molecule has 1 aliphatic carbocycles. The van der Waals surface area contributed by atoms with Gasteiger partial charge in [0.15, 0.2) is 0 Å². The third kappa shape index (κ3) is 3.62. The van der Waals surface area contributed by atoms with Gasteiger partial charge in [-0.25, -0.2) is 8.42 Å². The molecule has 7 nitrogen and oxygen atoms in total. The minimum absolute atomic E-state index is 0.0460. The average molecular weight is 413 g/mol. The number of rotatable bonds is 6. The molecule has 136 valence electrons. The van der Waals surface area contributed by atoms with Crippen LogP contribution in [0.4, 0.5) is 0 Å². The summed E-state index contributed by atoms with van der Waals surface area (Å²) in [6.45, 7) is 0.166. The number of nitrogens with zero attached hydrogens (tertiary/aromatic N) is 4. The van der Waals surface area contributed by atoms with Crippen molar-refractivity contribution >= 4 is 33.2 Å². The standard InChI is InChI=1S/C16H14Cl2N4O3S/c17-14-10-20-22(16(23)15(14)18)12-4-6-13(7-5-12)26(24,25)21(9-1-8-19)11-2-3-11/h4-7,10-11H,1-3,9H2. The number of benzene rings is 1. The van der Waals surface area contributed by atoms with Gasteiger partial charge < -0.3 is 0 Å². The van der Waals surface area contributed by atoms with E-state index in [1.54, 1.807) is 0 Å². The van der Waals surface area contributed by atoms with Crippen LogP contribution >= 0.6 is 23.2 Å². The number of aromatic nitrogens is 2. The monoisotopic (exact) mass is 412 g/mol. The SMILES string of the molecule is N#CCCN(C1CC1)S(=O)(=O)c1ccc(-n2ncc(Cl)c(Cl)c2=O)cc1. The van der Waals surface area contributed by atoms with Gasteiger partial charge in [-0.15, -0.1) is 0 Å². The Morgan fingerprint density at radius 3 is 2.50 bits per heavy atom. The molecule has 26 heavy (non-hydrogen) atoms. The molecule has 0 N–H and O–H groups in total. The van der Waals surface area contributed by atoms with Crippen molar-refractivity contribution in [1.29, 1.82) is 5.26 Å². The predicted molar refractivity (Wildman–Crippen MR) is 97.0 cm³/mol. The molecule has 1 aromatic carbocycles. The summed E-state index contributed by atoms with van der Waals surface area (Å²) in [5.41, 5.74) is -0.231. The van der Waals surface area contributed by atoms with E-state index in [-0.39, 0.29) is 33.9 Å². The molecule has 0 amide bonds. The van der Waals surface area contributed by atoms with E-state index in [4.69, 9.17) is 28.5 Å². The maximum absolute atomic E-state index is 12.8. The summed E-state index contributed by atoms with van der Waals surface area (Å²) in [7, 11) is -3.71. The molecule has 1 fully saturated rings. The van der Waals surface area contributed by atoms with Gasteiger partial charge in [-0.2, -0.15) is 19.3 Å². The number of sulfonamides is 1. The second-order valence-electron chi connectivity index (χ2n) is 5.77. The molecule has 1 saturated carbocycles. The average Bonchev–Trinajstić information content (AvgIpc) is 3.45. The molecular weight excluding hydrogens is 399 g/mol. The highest BCUT2D eigenvalue weighted by molar-refractivity contribution is 7.89. The fourth-order valence-electron chi connectivity index (χ4n) is 2.51. The summed E-state index contributed by atoms with van der Waals surface area (Å²) in [4.78, 5) is 12.2. The summed E-state index contributed by atoms with van der Waals surface area (Å²) in [6.07, 6.45) is 2.97. The van der Waals surface area contributed by atoms with Gasteiger partial charge in [0.25, 0.3) is 5.56 Å². The molecule has 1 aliphatic rings. The van der Waals surface area contributed by atoms with Crippen molar-refractivity contribution in [2.45, 2.75) is 30.2 Å². The normalized spacial score (nSPS) is 14.4.